The molecule has 63 heavy (non-hydrogen) atoms. The fraction of sp³-hybridized carbons (Fsp3) is 0.200. The largest absolute Gasteiger partial charge is 1.00 e. The molecule has 2 N–H and O–H groups in total. The molecule has 0 aliphatic rings. The molecular weight excluding hydrogens is 861 g/mol. The number of carboxylic acid groups (broad SMARTS) is 1. The van der Waals surface area contributed by atoms with Gasteiger partial charge in [-0.1, -0.05) is 122 Å². The third-order valence-corrected chi connectivity index (χ3v) is 11.7. The summed E-state index contributed by atoms with van der Waals surface area (Å²) in [5.74, 6) is 2.65. The van der Waals surface area contributed by atoms with Gasteiger partial charge in [-0.25, -0.2) is 9.97 Å². The number of benzene rings is 6. The second kappa shape index (κ2) is 22.6. The quantitative estimate of drug-likeness (QED) is 0.114. The van der Waals surface area contributed by atoms with Crippen molar-refractivity contribution in [1.29, 1.82) is 5.26 Å². The SMILES string of the molecule is COc1ccc2c(c1)nc(C(C)c1ccc(CC#N)cc1)n2Cc1ccccc1Cl.COc1ccc2c(c1)nc(C(C)c1ccc(CC(=O)O)cc1)n2Cc1ccccc1Cl.[K+].[OH-]. The van der Waals surface area contributed by atoms with E-state index in [-0.39, 0.29) is 75.1 Å². The molecule has 13 heteroatoms. The molecule has 0 amide bonds. The smallest absolute Gasteiger partial charge is 0.870 e. The minimum absolute atomic E-state index is 0. The Morgan fingerprint density at radius 2 is 1.08 bits per heavy atom. The first-order chi connectivity index (χ1) is 29.6. The average molecular weight is 907 g/mol. The van der Waals surface area contributed by atoms with Crippen molar-refractivity contribution in [2.75, 3.05) is 14.2 Å². The summed E-state index contributed by atoms with van der Waals surface area (Å²) in [5.41, 5.74) is 9.87. The van der Waals surface area contributed by atoms with E-state index in [4.69, 9.17) is 53.0 Å². The maximum atomic E-state index is 11.0. The Bertz CT molecular complexity index is 2860. The van der Waals surface area contributed by atoms with Gasteiger partial charge in [-0.05, 0) is 69.8 Å². The Balaban J connectivity index is 0.000000230. The predicted octanol–water partition coefficient (Wildman–Crippen LogP) is 8.32. The van der Waals surface area contributed by atoms with E-state index in [1.54, 1.807) is 14.2 Å². The van der Waals surface area contributed by atoms with Gasteiger partial charge in [-0.3, -0.25) is 4.79 Å². The Morgan fingerprint density at radius 3 is 1.46 bits per heavy atom. The van der Waals surface area contributed by atoms with Crippen LogP contribution in [0.5, 0.6) is 11.5 Å². The molecule has 0 aliphatic carbocycles. The molecule has 0 radical (unpaired) electrons. The first-order valence-corrected chi connectivity index (χ1v) is 20.6. The van der Waals surface area contributed by atoms with Crippen LogP contribution in [-0.2, 0) is 30.7 Å². The molecule has 2 unspecified atom stereocenters. The van der Waals surface area contributed by atoms with E-state index in [1.165, 1.54) is 0 Å². The number of methoxy groups -OCH3 is 2. The molecule has 0 fully saturated rings. The van der Waals surface area contributed by atoms with Gasteiger partial charge in [0.1, 0.15) is 23.1 Å². The number of nitrogens with zero attached hydrogens (tertiary/aromatic N) is 5. The summed E-state index contributed by atoms with van der Waals surface area (Å²) in [6, 6.07) is 45.6. The summed E-state index contributed by atoms with van der Waals surface area (Å²) in [5, 5.41) is 19.4. The van der Waals surface area contributed by atoms with Crippen LogP contribution < -0.4 is 60.9 Å². The van der Waals surface area contributed by atoms with Crippen LogP contribution in [0.4, 0.5) is 0 Å². The van der Waals surface area contributed by atoms with Crippen molar-refractivity contribution in [1.82, 2.24) is 19.1 Å². The molecule has 2 heterocycles. The molecule has 0 saturated carbocycles. The minimum atomic E-state index is -0.837. The van der Waals surface area contributed by atoms with Gasteiger partial charge in [0.25, 0.3) is 0 Å². The molecule has 0 aliphatic heterocycles. The van der Waals surface area contributed by atoms with Crippen molar-refractivity contribution >= 4 is 51.2 Å². The zero-order valence-corrected chi connectivity index (χ0v) is 40.4. The first-order valence-electron chi connectivity index (χ1n) is 19.9. The number of rotatable bonds is 13. The van der Waals surface area contributed by atoms with Gasteiger partial charge in [0.2, 0.25) is 0 Å². The number of hydrogen-bond acceptors (Lipinski definition) is 7. The average Bonchev–Trinajstić information content (AvgIpc) is 3.82. The molecule has 2 aromatic heterocycles. The van der Waals surface area contributed by atoms with Crippen LogP contribution >= 0.6 is 23.2 Å². The third kappa shape index (κ3) is 11.6. The van der Waals surface area contributed by atoms with E-state index >= 15 is 0 Å². The van der Waals surface area contributed by atoms with E-state index in [0.29, 0.717) is 19.5 Å². The fourth-order valence-electron chi connectivity index (χ4n) is 7.51. The molecule has 10 nitrogen and oxygen atoms in total. The van der Waals surface area contributed by atoms with Gasteiger partial charge in [0.15, 0.2) is 0 Å². The number of ether oxygens (including phenoxy) is 2. The summed E-state index contributed by atoms with van der Waals surface area (Å²) < 4.78 is 15.2. The summed E-state index contributed by atoms with van der Waals surface area (Å²) in [6.45, 7) is 5.49. The number of fused-ring (bicyclic) bond motifs is 2. The second-order valence-corrected chi connectivity index (χ2v) is 15.7. The maximum absolute atomic E-state index is 11.0. The molecule has 8 rings (SSSR count). The van der Waals surface area contributed by atoms with Crippen molar-refractivity contribution in [3.05, 3.63) is 189 Å². The Labute approximate surface area is 419 Å². The van der Waals surface area contributed by atoms with Crippen molar-refractivity contribution in [3.8, 4) is 17.6 Å². The molecule has 316 valence electrons. The van der Waals surface area contributed by atoms with Crippen molar-refractivity contribution in [2.24, 2.45) is 0 Å². The Morgan fingerprint density at radius 1 is 0.667 bits per heavy atom. The molecule has 0 spiro atoms. The van der Waals surface area contributed by atoms with Crippen molar-refractivity contribution in [2.45, 2.75) is 51.6 Å². The van der Waals surface area contributed by atoms with E-state index in [1.807, 2.05) is 121 Å². The van der Waals surface area contributed by atoms with Crippen LogP contribution in [0.15, 0.2) is 133 Å². The fourth-order valence-corrected chi connectivity index (χ4v) is 7.90. The number of nitriles is 1. The molecular formula is C50H46Cl2KN5O5. The third-order valence-electron chi connectivity index (χ3n) is 10.9. The number of carboxylic acids is 1. The van der Waals surface area contributed by atoms with Crippen LogP contribution in [0.1, 0.15) is 70.7 Å². The van der Waals surface area contributed by atoms with E-state index in [2.05, 4.69) is 41.2 Å². The van der Waals surface area contributed by atoms with Gasteiger partial charge in [-0.2, -0.15) is 5.26 Å². The number of carbonyl (C=O) groups is 1. The minimum Gasteiger partial charge on any atom is -0.870 e. The second-order valence-electron chi connectivity index (χ2n) is 14.8. The van der Waals surface area contributed by atoms with Gasteiger partial charge in [0.05, 0.1) is 68.3 Å². The normalized spacial score (nSPS) is 11.6. The first kappa shape index (κ1) is 49.0. The van der Waals surface area contributed by atoms with E-state index in [0.717, 1.165) is 88.6 Å². The molecule has 2 atom stereocenters. The van der Waals surface area contributed by atoms with Crippen LogP contribution in [0.3, 0.4) is 0 Å². The molecule has 8 aromatic rings. The standard InChI is InChI=1S/C25H22ClN3O.C25H23ClN2O3.K.H2O/c1-17(19-9-7-18(8-10-19)13-14-27)25-28-23-15-21(30-2)11-12-24(23)29(25)16-20-5-3-4-6-22(20)26;1-16(18-9-7-17(8-10-18)13-24(29)30)25-27-22-14-20(31-2)11-12-23(22)28(25)15-19-5-3-4-6-21(19)26;;/h3-12,15,17H,13,16H2,1-2H3;3-12,14,16H,13,15H2,1-2H3,(H,29,30);;1H2/q;;+1;/p-1. The maximum Gasteiger partial charge on any atom is 1.00 e. The van der Waals surface area contributed by atoms with Crippen molar-refractivity contribution in [3.63, 3.8) is 0 Å². The predicted molar refractivity (Wildman–Crippen MR) is 244 cm³/mol. The van der Waals surface area contributed by atoms with Gasteiger partial charge < -0.3 is 29.2 Å². The van der Waals surface area contributed by atoms with Gasteiger partial charge in [-0.15, -0.1) is 0 Å². The molecule has 0 saturated heterocycles. The molecule has 0 bridgehead atoms. The van der Waals surface area contributed by atoms with Gasteiger partial charge >= 0.3 is 57.4 Å². The van der Waals surface area contributed by atoms with E-state index < -0.39 is 5.97 Å². The topological polar surface area (TPSA) is 145 Å². The monoisotopic (exact) mass is 905 g/mol. The molecule has 6 aromatic carbocycles. The summed E-state index contributed by atoms with van der Waals surface area (Å²) in [4.78, 5) is 20.9. The number of hydrogen-bond donors (Lipinski definition) is 1. The number of aromatic nitrogens is 4. The van der Waals surface area contributed by atoms with Crippen LogP contribution in [-0.4, -0.2) is 49.9 Å². The zero-order valence-electron chi connectivity index (χ0n) is 35.8. The summed E-state index contributed by atoms with van der Waals surface area (Å²) in [7, 11) is 3.30. The Hall–Kier alpha value is -5.00. The van der Waals surface area contributed by atoms with Crippen LogP contribution in [0.25, 0.3) is 22.1 Å². The van der Waals surface area contributed by atoms with Crippen molar-refractivity contribution < 1.29 is 76.2 Å². The number of halogens is 2. The van der Waals surface area contributed by atoms with Gasteiger partial charge in [0, 0.05) is 34.0 Å². The summed E-state index contributed by atoms with van der Waals surface area (Å²) >= 11 is 12.9. The van der Waals surface area contributed by atoms with E-state index in [9.17, 15) is 4.79 Å². The van der Waals surface area contributed by atoms with Crippen LogP contribution in [0, 0.1) is 11.3 Å². The number of aliphatic carboxylic acids is 1. The summed E-state index contributed by atoms with van der Waals surface area (Å²) in [6.07, 6.45) is 0.430. The number of imidazole rings is 2. The Kier molecular flexibility index (Phi) is 17.6. The zero-order chi connectivity index (χ0) is 43.0. The van der Waals surface area contributed by atoms with Crippen LogP contribution in [0.2, 0.25) is 10.0 Å².